The monoisotopic (exact) mass is 416 g/mol. The summed E-state index contributed by atoms with van der Waals surface area (Å²) in [7, 11) is -3.60. The van der Waals surface area contributed by atoms with E-state index in [1.165, 1.54) is 4.31 Å². The third kappa shape index (κ3) is 5.03. The number of anilines is 3. The lowest BCUT2D eigenvalue weighted by Gasteiger charge is -2.23. The van der Waals surface area contributed by atoms with Gasteiger partial charge in [0.2, 0.25) is 10.0 Å². The van der Waals surface area contributed by atoms with Crippen LogP contribution in [0.15, 0.2) is 78.9 Å². The molecule has 0 saturated heterocycles. The fourth-order valence-electron chi connectivity index (χ4n) is 2.55. The van der Waals surface area contributed by atoms with Gasteiger partial charge in [-0.2, -0.15) is 0 Å². The zero-order valence-electron chi connectivity index (χ0n) is 14.9. The van der Waals surface area contributed by atoms with Crippen molar-refractivity contribution >= 4 is 44.8 Å². The van der Waals surface area contributed by atoms with E-state index < -0.39 is 16.1 Å². The molecule has 0 bridgehead atoms. The number of halogens is 1. The number of amides is 1. The number of benzene rings is 3. The molecule has 0 aromatic heterocycles. The van der Waals surface area contributed by atoms with Gasteiger partial charge < -0.3 is 4.74 Å². The zero-order valence-corrected chi connectivity index (χ0v) is 16.4. The molecule has 1 N–H and O–H groups in total. The van der Waals surface area contributed by atoms with Crippen LogP contribution in [0.25, 0.3) is 0 Å². The number of nitrogens with zero attached hydrogens (tertiary/aromatic N) is 1. The first-order valence-electron chi connectivity index (χ1n) is 8.23. The number of rotatable bonds is 5. The third-order valence-electron chi connectivity index (χ3n) is 3.68. The third-order valence-corrected chi connectivity index (χ3v) is 5.00. The predicted molar refractivity (Wildman–Crippen MR) is 111 cm³/mol. The van der Waals surface area contributed by atoms with Crippen molar-refractivity contribution in [2.45, 2.75) is 0 Å². The standard InChI is InChI=1S/C20H17ClN2O4S/c1-28(25,26)23(18-7-5-6-15(21)14-18)17-12-10-16(11-13-17)22-20(24)27-19-8-3-2-4-9-19/h2-14H,1H3,(H,22,24). The molecule has 0 atom stereocenters. The molecule has 3 aromatic carbocycles. The summed E-state index contributed by atoms with van der Waals surface area (Å²) in [5.74, 6) is 0.417. The van der Waals surface area contributed by atoms with Crippen LogP contribution in [0.1, 0.15) is 0 Å². The molecule has 144 valence electrons. The summed E-state index contributed by atoms with van der Waals surface area (Å²) in [5, 5.41) is 3.02. The second kappa shape index (κ2) is 8.33. The Bertz CT molecular complexity index is 1070. The van der Waals surface area contributed by atoms with Crippen molar-refractivity contribution in [2.24, 2.45) is 0 Å². The number of nitrogens with one attached hydrogen (secondary N) is 1. The van der Waals surface area contributed by atoms with Crippen LogP contribution in [0, 0.1) is 0 Å². The molecule has 0 radical (unpaired) electrons. The minimum Gasteiger partial charge on any atom is -0.410 e. The second-order valence-electron chi connectivity index (χ2n) is 5.88. The summed E-state index contributed by atoms with van der Waals surface area (Å²) < 4.78 is 30.9. The van der Waals surface area contributed by atoms with Gasteiger partial charge in [0, 0.05) is 10.7 Å². The van der Waals surface area contributed by atoms with Gasteiger partial charge in [-0.15, -0.1) is 0 Å². The lowest BCUT2D eigenvalue weighted by Crippen LogP contribution is -2.24. The maximum Gasteiger partial charge on any atom is 0.417 e. The molecule has 0 heterocycles. The highest BCUT2D eigenvalue weighted by atomic mass is 35.5. The number of para-hydroxylation sites is 1. The molecular formula is C20H17ClN2O4S. The average molecular weight is 417 g/mol. The largest absolute Gasteiger partial charge is 0.417 e. The van der Waals surface area contributed by atoms with Gasteiger partial charge in [-0.25, -0.2) is 17.5 Å². The normalized spacial score (nSPS) is 10.9. The van der Waals surface area contributed by atoms with Crippen molar-refractivity contribution in [2.75, 3.05) is 15.9 Å². The first kappa shape index (κ1) is 19.7. The van der Waals surface area contributed by atoms with Crippen LogP contribution in [0.4, 0.5) is 21.9 Å². The van der Waals surface area contributed by atoms with E-state index in [1.54, 1.807) is 72.8 Å². The smallest absolute Gasteiger partial charge is 0.410 e. The Morgan fingerprint density at radius 1 is 0.929 bits per heavy atom. The van der Waals surface area contributed by atoms with Crippen molar-refractivity contribution in [3.63, 3.8) is 0 Å². The van der Waals surface area contributed by atoms with Gasteiger partial charge in [0.15, 0.2) is 0 Å². The van der Waals surface area contributed by atoms with Crippen LogP contribution in [-0.2, 0) is 10.0 Å². The van der Waals surface area contributed by atoms with Crippen LogP contribution in [0.3, 0.4) is 0 Å². The maximum absolute atomic E-state index is 12.3. The molecule has 28 heavy (non-hydrogen) atoms. The van der Waals surface area contributed by atoms with Crippen molar-refractivity contribution in [3.05, 3.63) is 83.9 Å². The Balaban J connectivity index is 1.79. The Labute approximate surface area is 168 Å². The SMILES string of the molecule is CS(=O)(=O)N(c1ccc(NC(=O)Oc2ccccc2)cc1)c1cccc(Cl)c1. The van der Waals surface area contributed by atoms with Crippen LogP contribution in [0.2, 0.25) is 5.02 Å². The summed E-state index contributed by atoms with van der Waals surface area (Å²) in [5.41, 5.74) is 1.29. The van der Waals surface area contributed by atoms with Crippen LogP contribution < -0.4 is 14.4 Å². The first-order chi connectivity index (χ1) is 13.3. The fraction of sp³-hybridized carbons (Fsp3) is 0.0500. The second-order valence-corrected chi connectivity index (χ2v) is 8.15. The van der Waals surface area contributed by atoms with Gasteiger partial charge in [-0.3, -0.25) is 5.32 Å². The quantitative estimate of drug-likeness (QED) is 0.631. The molecule has 0 fully saturated rings. The van der Waals surface area contributed by atoms with E-state index in [2.05, 4.69) is 5.32 Å². The molecule has 0 spiro atoms. The van der Waals surface area contributed by atoms with Gasteiger partial charge in [-0.1, -0.05) is 35.9 Å². The molecule has 0 aliphatic heterocycles. The van der Waals surface area contributed by atoms with Gasteiger partial charge >= 0.3 is 6.09 Å². The van der Waals surface area contributed by atoms with E-state index in [4.69, 9.17) is 16.3 Å². The van der Waals surface area contributed by atoms with Gasteiger partial charge in [0.1, 0.15) is 5.75 Å². The highest BCUT2D eigenvalue weighted by molar-refractivity contribution is 7.92. The molecule has 0 unspecified atom stereocenters. The molecule has 3 rings (SSSR count). The molecule has 0 aliphatic rings. The van der Waals surface area contributed by atoms with E-state index in [0.717, 1.165) is 6.26 Å². The topological polar surface area (TPSA) is 75.7 Å². The van der Waals surface area contributed by atoms with Crippen molar-refractivity contribution < 1.29 is 17.9 Å². The van der Waals surface area contributed by atoms with Crippen LogP contribution in [0.5, 0.6) is 5.75 Å². The van der Waals surface area contributed by atoms with Gasteiger partial charge in [-0.05, 0) is 54.6 Å². The average Bonchev–Trinajstić information content (AvgIpc) is 2.63. The molecule has 6 nitrogen and oxygen atoms in total. The van der Waals surface area contributed by atoms with Crippen molar-refractivity contribution in [1.29, 1.82) is 0 Å². The zero-order chi connectivity index (χ0) is 20.1. The van der Waals surface area contributed by atoms with Crippen molar-refractivity contribution in [1.82, 2.24) is 0 Å². The Morgan fingerprint density at radius 3 is 2.21 bits per heavy atom. The van der Waals surface area contributed by atoms with Gasteiger partial charge in [0.25, 0.3) is 0 Å². The number of carbonyl (C=O) groups excluding carboxylic acids is 1. The molecular weight excluding hydrogens is 400 g/mol. The fourth-order valence-corrected chi connectivity index (χ4v) is 3.74. The highest BCUT2D eigenvalue weighted by Crippen LogP contribution is 2.31. The molecule has 3 aromatic rings. The summed E-state index contributed by atoms with van der Waals surface area (Å²) in [6, 6.07) is 21.5. The minimum absolute atomic E-state index is 0.409. The molecule has 8 heteroatoms. The number of carbonyl (C=O) groups is 1. The molecule has 0 saturated carbocycles. The summed E-state index contributed by atoms with van der Waals surface area (Å²) in [6.45, 7) is 0. The highest BCUT2D eigenvalue weighted by Gasteiger charge is 2.20. The summed E-state index contributed by atoms with van der Waals surface area (Å²) in [6.07, 6.45) is 0.464. The minimum atomic E-state index is -3.60. The van der Waals surface area contributed by atoms with Crippen LogP contribution >= 0.6 is 11.6 Å². The number of hydrogen-bond donors (Lipinski definition) is 1. The maximum atomic E-state index is 12.3. The Kier molecular flexibility index (Phi) is 5.87. The van der Waals surface area contributed by atoms with E-state index in [-0.39, 0.29) is 0 Å². The summed E-state index contributed by atoms with van der Waals surface area (Å²) >= 11 is 5.99. The van der Waals surface area contributed by atoms with Crippen molar-refractivity contribution in [3.8, 4) is 5.75 Å². The number of hydrogen-bond acceptors (Lipinski definition) is 4. The van der Waals surface area contributed by atoms with Gasteiger partial charge in [0.05, 0.1) is 17.6 Å². The Hall–Kier alpha value is -3.03. The first-order valence-corrected chi connectivity index (χ1v) is 10.5. The van der Waals surface area contributed by atoms with E-state index >= 15 is 0 Å². The lowest BCUT2D eigenvalue weighted by molar-refractivity contribution is 0.215. The summed E-state index contributed by atoms with van der Waals surface area (Å²) in [4.78, 5) is 12.0. The van der Waals surface area contributed by atoms with E-state index in [9.17, 15) is 13.2 Å². The predicted octanol–water partition coefficient (Wildman–Crippen LogP) is 5.05. The number of sulfonamides is 1. The number of ether oxygens (including phenoxy) is 1. The van der Waals surface area contributed by atoms with Crippen LogP contribution in [-0.4, -0.2) is 20.8 Å². The molecule has 0 aliphatic carbocycles. The molecule has 1 amide bonds. The van der Waals surface area contributed by atoms with E-state index in [1.807, 2.05) is 6.07 Å². The Morgan fingerprint density at radius 2 is 1.61 bits per heavy atom. The lowest BCUT2D eigenvalue weighted by atomic mass is 10.2. The van der Waals surface area contributed by atoms with E-state index in [0.29, 0.717) is 27.8 Å².